The summed E-state index contributed by atoms with van der Waals surface area (Å²) in [5.74, 6) is 0.397. The molecule has 0 amide bonds. The molecule has 0 bridgehead atoms. The van der Waals surface area contributed by atoms with Gasteiger partial charge in [-0.15, -0.1) is 0 Å². The Morgan fingerprint density at radius 3 is 2.81 bits per heavy atom. The maximum Gasteiger partial charge on any atom is 0.157 e. The number of aliphatic hydroxyl groups excluding tert-OH is 2. The summed E-state index contributed by atoms with van der Waals surface area (Å²) in [5.41, 5.74) is 0. The first-order valence-corrected chi connectivity index (χ1v) is 8.38. The molecule has 1 saturated heterocycles. The molecule has 0 radical (unpaired) electrons. The zero-order chi connectivity index (χ0) is 15.2. The Morgan fingerprint density at radius 2 is 2.10 bits per heavy atom. The van der Waals surface area contributed by atoms with Crippen LogP contribution in [0.4, 0.5) is 0 Å². The molecule has 1 saturated carbocycles. The second kappa shape index (κ2) is 8.28. The van der Waals surface area contributed by atoms with E-state index in [1.807, 2.05) is 12.2 Å². The second-order valence-electron chi connectivity index (χ2n) is 6.42. The predicted molar refractivity (Wildman–Crippen MR) is 81.8 cm³/mol. The number of unbranched alkanes of at least 4 members (excludes halogenated alkanes) is 3. The lowest BCUT2D eigenvalue weighted by Gasteiger charge is -2.17. The highest BCUT2D eigenvalue weighted by Gasteiger charge is 2.48. The fourth-order valence-corrected chi connectivity index (χ4v) is 3.60. The van der Waals surface area contributed by atoms with Gasteiger partial charge < -0.3 is 19.7 Å². The van der Waals surface area contributed by atoms with Crippen LogP contribution >= 0.6 is 0 Å². The fourth-order valence-electron chi connectivity index (χ4n) is 3.60. The van der Waals surface area contributed by atoms with E-state index in [-0.39, 0.29) is 24.4 Å². The molecule has 1 heterocycles. The third kappa shape index (κ3) is 4.52. The molecule has 0 spiro atoms. The van der Waals surface area contributed by atoms with Crippen LogP contribution in [0.3, 0.4) is 0 Å². The van der Waals surface area contributed by atoms with Gasteiger partial charge in [0.05, 0.1) is 18.3 Å². The largest absolute Gasteiger partial charge is 0.392 e. The van der Waals surface area contributed by atoms with Gasteiger partial charge in [0, 0.05) is 25.9 Å². The number of hydrogen-bond donors (Lipinski definition) is 2. The first-order valence-electron chi connectivity index (χ1n) is 8.38. The maximum absolute atomic E-state index is 10.2. The first-order chi connectivity index (χ1) is 10.2. The highest BCUT2D eigenvalue weighted by molar-refractivity contribution is 5.06. The van der Waals surface area contributed by atoms with Crippen molar-refractivity contribution in [2.45, 2.75) is 76.5 Å². The Balaban J connectivity index is 1.79. The minimum absolute atomic E-state index is 0.0837. The number of aliphatic hydroxyl groups is 2. The third-order valence-corrected chi connectivity index (χ3v) is 4.85. The summed E-state index contributed by atoms with van der Waals surface area (Å²) >= 11 is 0. The summed E-state index contributed by atoms with van der Waals surface area (Å²) < 4.78 is 11.0. The average molecular weight is 298 g/mol. The number of hydrogen-bond acceptors (Lipinski definition) is 4. The number of fused-ring (bicyclic) bond motifs is 1. The van der Waals surface area contributed by atoms with E-state index in [2.05, 4.69) is 6.92 Å². The molecule has 2 aliphatic rings. The fraction of sp³-hybridized carbons (Fsp3) is 0.882. The minimum atomic E-state index is -0.395. The normalized spacial score (nSPS) is 37.2. The van der Waals surface area contributed by atoms with E-state index in [0.717, 1.165) is 19.3 Å². The molecule has 2 fully saturated rings. The van der Waals surface area contributed by atoms with Gasteiger partial charge in [0.2, 0.25) is 0 Å². The Labute approximate surface area is 128 Å². The van der Waals surface area contributed by atoms with E-state index >= 15 is 0 Å². The van der Waals surface area contributed by atoms with Crippen molar-refractivity contribution >= 4 is 0 Å². The molecule has 0 aromatic rings. The lowest BCUT2D eigenvalue weighted by Crippen LogP contribution is -2.19. The van der Waals surface area contributed by atoms with Crippen LogP contribution in [0, 0.1) is 11.8 Å². The highest BCUT2D eigenvalue weighted by atomic mass is 16.7. The zero-order valence-electron chi connectivity index (χ0n) is 13.3. The molecule has 4 heteroatoms. The number of ether oxygens (including phenoxy) is 2. The predicted octanol–water partition coefficient (Wildman–Crippen LogP) is 2.63. The summed E-state index contributed by atoms with van der Waals surface area (Å²) in [5, 5.41) is 20.2. The molecule has 2 rings (SSSR count). The van der Waals surface area contributed by atoms with Crippen LogP contribution in [0.15, 0.2) is 12.2 Å². The van der Waals surface area contributed by atoms with Crippen molar-refractivity contribution in [2.24, 2.45) is 11.8 Å². The smallest absolute Gasteiger partial charge is 0.157 e. The Morgan fingerprint density at radius 1 is 1.29 bits per heavy atom. The Bertz CT molecular complexity index is 331. The molecular formula is C17H30O4. The van der Waals surface area contributed by atoms with Gasteiger partial charge in [-0.05, 0) is 12.3 Å². The highest BCUT2D eigenvalue weighted by Crippen LogP contribution is 2.44. The van der Waals surface area contributed by atoms with Crippen molar-refractivity contribution in [1.82, 2.24) is 0 Å². The molecule has 1 aliphatic heterocycles. The van der Waals surface area contributed by atoms with Crippen molar-refractivity contribution in [2.75, 3.05) is 7.11 Å². The monoisotopic (exact) mass is 298 g/mol. The van der Waals surface area contributed by atoms with Crippen LogP contribution in [0.25, 0.3) is 0 Å². The molecule has 0 aromatic heterocycles. The molecule has 122 valence electrons. The number of rotatable bonds is 8. The van der Waals surface area contributed by atoms with Crippen molar-refractivity contribution in [3.63, 3.8) is 0 Å². The van der Waals surface area contributed by atoms with Crippen LogP contribution in [0.5, 0.6) is 0 Å². The lowest BCUT2D eigenvalue weighted by molar-refractivity contribution is -0.118. The van der Waals surface area contributed by atoms with E-state index < -0.39 is 6.10 Å². The van der Waals surface area contributed by atoms with Crippen molar-refractivity contribution < 1.29 is 19.7 Å². The van der Waals surface area contributed by atoms with Gasteiger partial charge in [-0.3, -0.25) is 0 Å². The van der Waals surface area contributed by atoms with Crippen LogP contribution in [-0.4, -0.2) is 41.9 Å². The van der Waals surface area contributed by atoms with E-state index in [0.29, 0.717) is 12.3 Å². The second-order valence-corrected chi connectivity index (χ2v) is 6.42. The van der Waals surface area contributed by atoms with E-state index in [9.17, 15) is 10.2 Å². The zero-order valence-corrected chi connectivity index (χ0v) is 13.3. The number of methoxy groups -OCH3 is 1. The van der Waals surface area contributed by atoms with E-state index in [1.165, 1.54) is 19.3 Å². The van der Waals surface area contributed by atoms with E-state index in [4.69, 9.17) is 9.47 Å². The summed E-state index contributed by atoms with van der Waals surface area (Å²) in [6.07, 6.45) is 10.1. The maximum atomic E-state index is 10.2. The third-order valence-electron chi connectivity index (χ3n) is 4.85. The van der Waals surface area contributed by atoms with Crippen LogP contribution in [0.1, 0.15) is 51.9 Å². The summed E-state index contributed by atoms with van der Waals surface area (Å²) in [6, 6.07) is 0. The van der Waals surface area contributed by atoms with Gasteiger partial charge in [0.25, 0.3) is 0 Å². The van der Waals surface area contributed by atoms with E-state index in [1.54, 1.807) is 7.11 Å². The van der Waals surface area contributed by atoms with Gasteiger partial charge in [-0.2, -0.15) is 0 Å². The molecule has 4 nitrogen and oxygen atoms in total. The van der Waals surface area contributed by atoms with Gasteiger partial charge in [0.15, 0.2) is 6.29 Å². The quantitative estimate of drug-likeness (QED) is 0.534. The SMILES string of the molecule is CCCCCC[C@H](O)/C=C/[C@H]1[C@H]2C[C@H](OC)O[C@H]2C[C@H]1O. The minimum Gasteiger partial charge on any atom is -0.392 e. The average Bonchev–Trinajstić information content (AvgIpc) is 2.98. The van der Waals surface area contributed by atoms with Gasteiger partial charge in [-0.25, -0.2) is 0 Å². The molecule has 6 atom stereocenters. The van der Waals surface area contributed by atoms with Crippen molar-refractivity contribution in [1.29, 1.82) is 0 Å². The van der Waals surface area contributed by atoms with Crippen LogP contribution in [-0.2, 0) is 9.47 Å². The van der Waals surface area contributed by atoms with Crippen molar-refractivity contribution in [3.8, 4) is 0 Å². The van der Waals surface area contributed by atoms with Gasteiger partial charge in [0.1, 0.15) is 0 Å². The summed E-state index contributed by atoms with van der Waals surface area (Å²) in [6.45, 7) is 2.19. The van der Waals surface area contributed by atoms with Crippen LogP contribution in [0.2, 0.25) is 0 Å². The molecule has 0 aromatic carbocycles. The van der Waals surface area contributed by atoms with Crippen LogP contribution < -0.4 is 0 Å². The standard InChI is InChI=1S/C17H30O4/c1-3-4-5-6-7-12(18)8-9-13-14-10-17(20-2)21-16(14)11-15(13)19/h8-9,12-19H,3-7,10-11H2,1-2H3/b9-8+/t12-,13-,14+,15+,16-,17+/m0/s1. The molecular weight excluding hydrogens is 268 g/mol. The van der Waals surface area contributed by atoms with Crippen molar-refractivity contribution in [3.05, 3.63) is 12.2 Å². The molecule has 21 heavy (non-hydrogen) atoms. The van der Waals surface area contributed by atoms with Gasteiger partial charge in [-0.1, -0.05) is 44.8 Å². The molecule has 0 unspecified atom stereocenters. The first kappa shape index (κ1) is 16.9. The summed E-state index contributed by atoms with van der Waals surface area (Å²) in [7, 11) is 1.66. The Kier molecular flexibility index (Phi) is 6.68. The Hall–Kier alpha value is -0.420. The lowest BCUT2D eigenvalue weighted by atomic mass is 9.91. The molecule has 1 aliphatic carbocycles. The topological polar surface area (TPSA) is 58.9 Å². The summed E-state index contributed by atoms with van der Waals surface area (Å²) in [4.78, 5) is 0. The molecule has 2 N–H and O–H groups in total. The van der Waals surface area contributed by atoms with Gasteiger partial charge >= 0.3 is 0 Å².